The van der Waals surface area contributed by atoms with Crippen LogP contribution >= 0.6 is 12.6 Å². The summed E-state index contributed by atoms with van der Waals surface area (Å²) in [6, 6.07) is 0. The molecule has 0 atom stereocenters. The first kappa shape index (κ1) is 7.31. The Labute approximate surface area is 50.9 Å². The van der Waals surface area contributed by atoms with E-state index in [4.69, 9.17) is 0 Å². The molecule has 0 saturated heterocycles. The molecule has 7 heavy (non-hydrogen) atoms. The van der Waals surface area contributed by atoms with Crippen LogP contribution in [0.1, 0.15) is 20.8 Å². The molecular formula is C5H13NS. The van der Waals surface area contributed by atoms with Crippen molar-refractivity contribution in [2.24, 2.45) is 0 Å². The molecule has 0 spiro atoms. The van der Waals surface area contributed by atoms with Crippen molar-refractivity contribution in [3.05, 3.63) is 0 Å². The Morgan fingerprint density at radius 1 is 1.57 bits per heavy atom. The van der Waals surface area contributed by atoms with Crippen LogP contribution in [0.4, 0.5) is 0 Å². The minimum atomic E-state index is -0.00521. The second-order valence-electron chi connectivity index (χ2n) is 2.09. The summed E-state index contributed by atoms with van der Waals surface area (Å²) in [6.45, 7) is 7.10. The van der Waals surface area contributed by atoms with Crippen LogP contribution < -0.4 is 5.32 Å². The van der Waals surface area contributed by atoms with E-state index >= 15 is 0 Å². The van der Waals surface area contributed by atoms with Gasteiger partial charge in [-0.1, -0.05) is 6.92 Å². The maximum Gasteiger partial charge on any atom is 0.0558 e. The maximum absolute atomic E-state index is 4.22. The van der Waals surface area contributed by atoms with E-state index in [2.05, 4.69) is 24.9 Å². The van der Waals surface area contributed by atoms with Crippen LogP contribution in [0.15, 0.2) is 0 Å². The normalized spacial score (nSPS) is 12.0. The van der Waals surface area contributed by atoms with Crippen molar-refractivity contribution in [1.82, 2.24) is 5.32 Å². The predicted octanol–water partition coefficient (Wildman–Crippen LogP) is 1.26. The average molecular weight is 119 g/mol. The quantitative estimate of drug-likeness (QED) is 0.412. The Kier molecular flexibility index (Phi) is 2.69. The maximum atomic E-state index is 4.22. The number of hydrogen-bond acceptors (Lipinski definition) is 2. The van der Waals surface area contributed by atoms with Gasteiger partial charge >= 0.3 is 0 Å². The van der Waals surface area contributed by atoms with Gasteiger partial charge in [-0.15, -0.1) is 0 Å². The molecule has 0 aromatic rings. The van der Waals surface area contributed by atoms with Crippen LogP contribution in [0.25, 0.3) is 0 Å². The van der Waals surface area contributed by atoms with E-state index in [1.54, 1.807) is 0 Å². The molecule has 0 amide bonds. The highest BCUT2D eigenvalue weighted by atomic mass is 32.1. The lowest BCUT2D eigenvalue weighted by Gasteiger charge is -2.17. The van der Waals surface area contributed by atoms with Gasteiger partial charge in [-0.25, -0.2) is 0 Å². The molecule has 1 N–H and O–H groups in total. The third-order valence-electron chi connectivity index (χ3n) is 0.609. The first-order valence-electron chi connectivity index (χ1n) is 2.53. The molecule has 0 rings (SSSR count). The zero-order chi connectivity index (χ0) is 5.91. The molecule has 0 aliphatic rings. The summed E-state index contributed by atoms with van der Waals surface area (Å²) in [6.07, 6.45) is 0. The van der Waals surface area contributed by atoms with Gasteiger partial charge in [0, 0.05) is 0 Å². The molecule has 2 heteroatoms. The van der Waals surface area contributed by atoms with Crippen LogP contribution in [0.3, 0.4) is 0 Å². The van der Waals surface area contributed by atoms with Crippen molar-refractivity contribution in [2.45, 2.75) is 25.6 Å². The van der Waals surface area contributed by atoms with E-state index in [0.29, 0.717) is 0 Å². The molecule has 0 fully saturated rings. The Morgan fingerprint density at radius 3 is 2.00 bits per heavy atom. The van der Waals surface area contributed by atoms with E-state index in [1.807, 2.05) is 13.8 Å². The first-order valence-corrected chi connectivity index (χ1v) is 2.98. The number of hydrogen-bond donors (Lipinski definition) is 2. The second kappa shape index (κ2) is 2.58. The van der Waals surface area contributed by atoms with Gasteiger partial charge in [0.1, 0.15) is 0 Å². The van der Waals surface area contributed by atoms with Crippen molar-refractivity contribution in [3.63, 3.8) is 0 Å². The molecule has 44 valence electrons. The van der Waals surface area contributed by atoms with Gasteiger partial charge in [0.2, 0.25) is 0 Å². The van der Waals surface area contributed by atoms with Crippen LogP contribution in [0, 0.1) is 0 Å². The summed E-state index contributed by atoms with van der Waals surface area (Å²) in [5.41, 5.74) is 0. The zero-order valence-corrected chi connectivity index (χ0v) is 6.05. The summed E-state index contributed by atoms with van der Waals surface area (Å²) < 4.78 is 0. The molecule has 0 heterocycles. The predicted molar refractivity (Wildman–Crippen MR) is 36.7 cm³/mol. The minimum Gasteiger partial charge on any atom is -0.304 e. The fraction of sp³-hybridized carbons (Fsp3) is 1.00. The lowest BCUT2D eigenvalue weighted by molar-refractivity contribution is 0.567. The second-order valence-corrected chi connectivity index (χ2v) is 3.21. The van der Waals surface area contributed by atoms with Gasteiger partial charge in [0.05, 0.1) is 4.87 Å². The van der Waals surface area contributed by atoms with Gasteiger partial charge in [-0.3, -0.25) is 0 Å². The minimum absolute atomic E-state index is 0.00521. The van der Waals surface area contributed by atoms with Crippen molar-refractivity contribution >= 4 is 12.6 Å². The van der Waals surface area contributed by atoms with Gasteiger partial charge in [-0.2, -0.15) is 12.6 Å². The topological polar surface area (TPSA) is 12.0 Å². The van der Waals surface area contributed by atoms with Crippen molar-refractivity contribution in [3.8, 4) is 0 Å². The summed E-state index contributed by atoms with van der Waals surface area (Å²) in [5, 5.41) is 3.15. The monoisotopic (exact) mass is 119 g/mol. The van der Waals surface area contributed by atoms with Crippen LogP contribution in [0.5, 0.6) is 0 Å². The van der Waals surface area contributed by atoms with Crippen LogP contribution in [-0.4, -0.2) is 11.4 Å². The fourth-order valence-corrected chi connectivity index (χ4v) is 0.591. The van der Waals surface area contributed by atoms with Gasteiger partial charge in [-0.05, 0) is 20.4 Å². The molecule has 0 saturated carbocycles. The molecule has 0 aromatic carbocycles. The Hall–Kier alpha value is 0.310. The average Bonchev–Trinajstić information content (AvgIpc) is 1.30. The lowest BCUT2D eigenvalue weighted by Crippen LogP contribution is -2.32. The summed E-state index contributed by atoms with van der Waals surface area (Å²) in [5.74, 6) is 0. The van der Waals surface area contributed by atoms with Crippen LogP contribution in [-0.2, 0) is 0 Å². The Morgan fingerprint density at radius 2 is 2.00 bits per heavy atom. The number of nitrogens with one attached hydrogen (secondary N) is 1. The summed E-state index contributed by atoms with van der Waals surface area (Å²) >= 11 is 4.22. The molecule has 0 unspecified atom stereocenters. The standard InChI is InChI=1S/C5H13NS/c1-4-6-5(2,3)7/h6-7H,4H2,1-3H3. The number of thiol groups is 1. The van der Waals surface area contributed by atoms with E-state index in [-0.39, 0.29) is 4.87 Å². The van der Waals surface area contributed by atoms with Gasteiger partial charge < -0.3 is 5.32 Å². The van der Waals surface area contributed by atoms with E-state index in [0.717, 1.165) is 6.54 Å². The third-order valence-corrected chi connectivity index (χ3v) is 0.768. The van der Waals surface area contributed by atoms with Gasteiger partial charge in [0.25, 0.3) is 0 Å². The highest BCUT2D eigenvalue weighted by Crippen LogP contribution is 2.04. The first-order chi connectivity index (χ1) is 3.06. The molecular weight excluding hydrogens is 106 g/mol. The molecule has 0 radical (unpaired) electrons. The molecule has 0 bridgehead atoms. The highest BCUT2D eigenvalue weighted by molar-refractivity contribution is 7.81. The van der Waals surface area contributed by atoms with Crippen LogP contribution in [0.2, 0.25) is 0 Å². The van der Waals surface area contributed by atoms with Crippen molar-refractivity contribution in [1.29, 1.82) is 0 Å². The molecule has 1 nitrogen and oxygen atoms in total. The largest absolute Gasteiger partial charge is 0.304 e. The van der Waals surface area contributed by atoms with E-state index in [1.165, 1.54) is 0 Å². The smallest absolute Gasteiger partial charge is 0.0558 e. The fourth-order valence-electron chi connectivity index (χ4n) is 0.433. The summed E-state index contributed by atoms with van der Waals surface area (Å²) in [4.78, 5) is -0.00521. The zero-order valence-electron chi connectivity index (χ0n) is 5.15. The van der Waals surface area contributed by atoms with Gasteiger partial charge in [0.15, 0.2) is 0 Å². The SMILES string of the molecule is CCNC(C)(C)S. The number of rotatable bonds is 2. The van der Waals surface area contributed by atoms with E-state index < -0.39 is 0 Å². The van der Waals surface area contributed by atoms with Crippen molar-refractivity contribution < 1.29 is 0 Å². The molecule has 0 aliphatic heterocycles. The third kappa shape index (κ3) is 6.31. The highest BCUT2D eigenvalue weighted by Gasteiger charge is 2.05. The lowest BCUT2D eigenvalue weighted by atomic mass is 10.4. The Bertz CT molecular complexity index is 46.5. The summed E-state index contributed by atoms with van der Waals surface area (Å²) in [7, 11) is 0. The Balaban J connectivity index is 3.15. The van der Waals surface area contributed by atoms with Crippen molar-refractivity contribution in [2.75, 3.05) is 6.54 Å². The molecule has 0 aliphatic carbocycles. The van der Waals surface area contributed by atoms with E-state index in [9.17, 15) is 0 Å². The molecule has 0 aromatic heterocycles.